The van der Waals surface area contributed by atoms with E-state index in [1.54, 1.807) is 18.2 Å². The average Bonchev–Trinajstić information content (AvgIpc) is 2.64. The largest absolute Gasteiger partial charge is 0.339 e. The highest BCUT2D eigenvalue weighted by Gasteiger charge is 2.22. The van der Waals surface area contributed by atoms with Crippen LogP contribution in [0.5, 0.6) is 0 Å². The molecular weight excluding hydrogens is 281 g/mol. The molecule has 2 rings (SSSR count). The maximum atomic E-state index is 12.5. The standard InChI is InChI=1S/C15H19Cl2NO/c1-18(14-6-4-2-3-5-7-14)15(19)11-8-12(16)10-13(17)9-11/h8-10,14H,2-7H2,1H3. The van der Waals surface area contributed by atoms with Gasteiger partial charge in [0, 0.05) is 28.7 Å². The molecule has 1 amide bonds. The molecule has 0 unspecified atom stereocenters. The summed E-state index contributed by atoms with van der Waals surface area (Å²) in [5.74, 6) is 0.0105. The Morgan fingerprint density at radius 3 is 2.11 bits per heavy atom. The van der Waals surface area contributed by atoms with Crippen molar-refractivity contribution in [1.29, 1.82) is 0 Å². The number of carbonyl (C=O) groups excluding carboxylic acids is 1. The van der Waals surface area contributed by atoms with Gasteiger partial charge in [-0.15, -0.1) is 0 Å². The zero-order valence-corrected chi connectivity index (χ0v) is 12.7. The van der Waals surface area contributed by atoms with Crippen molar-refractivity contribution >= 4 is 29.1 Å². The lowest BCUT2D eigenvalue weighted by atomic mass is 10.1. The third-order valence-electron chi connectivity index (χ3n) is 3.80. The molecule has 0 atom stereocenters. The van der Waals surface area contributed by atoms with Crippen molar-refractivity contribution in [2.75, 3.05) is 7.05 Å². The van der Waals surface area contributed by atoms with E-state index in [2.05, 4.69) is 0 Å². The minimum absolute atomic E-state index is 0.0105. The zero-order valence-electron chi connectivity index (χ0n) is 11.2. The van der Waals surface area contributed by atoms with Gasteiger partial charge >= 0.3 is 0 Å². The molecule has 0 radical (unpaired) electrons. The van der Waals surface area contributed by atoms with Gasteiger partial charge in [-0.1, -0.05) is 48.9 Å². The van der Waals surface area contributed by atoms with Gasteiger partial charge in [0.1, 0.15) is 0 Å². The molecule has 0 aromatic heterocycles. The highest BCUT2D eigenvalue weighted by Crippen LogP contribution is 2.24. The molecule has 0 saturated heterocycles. The predicted octanol–water partition coefficient (Wildman–Crippen LogP) is 4.79. The first kappa shape index (κ1) is 14.7. The molecule has 0 N–H and O–H groups in total. The summed E-state index contributed by atoms with van der Waals surface area (Å²) in [6.07, 6.45) is 7.16. The number of nitrogens with zero attached hydrogens (tertiary/aromatic N) is 1. The fourth-order valence-corrected chi connectivity index (χ4v) is 3.22. The minimum Gasteiger partial charge on any atom is -0.339 e. The van der Waals surface area contributed by atoms with E-state index >= 15 is 0 Å². The topological polar surface area (TPSA) is 20.3 Å². The lowest BCUT2D eigenvalue weighted by Crippen LogP contribution is -2.36. The van der Waals surface area contributed by atoms with E-state index in [1.807, 2.05) is 11.9 Å². The van der Waals surface area contributed by atoms with Crippen LogP contribution in [0.2, 0.25) is 10.0 Å². The smallest absolute Gasteiger partial charge is 0.253 e. The van der Waals surface area contributed by atoms with Crippen LogP contribution in [0.25, 0.3) is 0 Å². The Bertz CT molecular complexity index is 433. The van der Waals surface area contributed by atoms with Crippen LogP contribution in [0.3, 0.4) is 0 Å². The van der Waals surface area contributed by atoms with E-state index in [0.29, 0.717) is 21.7 Å². The summed E-state index contributed by atoms with van der Waals surface area (Å²) in [5, 5.41) is 1.01. The van der Waals surface area contributed by atoms with Crippen LogP contribution in [-0.2, 0) is 0 Å². The van der Waals surface area contributed by atoms with Gasteiger partial charge in [0.25, 0.3) is 5.91 Å². The van der Waals surface area contributed by atoms with E-state index in [1.165, 1.54) is 25.7 Å². The van der Waals surface area contributed by atoms with Crippen molar-refractivity contribution in [3.05, 3.63) is 33.8 Å². The molecule has 1 aliphatic carbocycles. The second-order valence-electron chi connectivity index (χ2n) is 5.22. The molecule has 1 aromatic rings. The summed E-state index contributed by atoms with van der Waals surface area (Å²) in [7, 11) is 1.88. The third-order valence-corrected chi connectivity index (χ3v) is 4.24. The Kier molecular flexibility index (Phi) is 5.12. The Labute approximate surface area is 124 Å². The first-order chi connectivity index (χ1) is 9.08. The van der Waals surface area contributed by atoms with Gasteiger partial charge in [-0.3, -0.25) is 4.79 Å². The Balaban J connectivity index is 2.13. The lowest BCUT2D eigenvalue weighted by molar-refractivity contribution is 0.0717. The highest BCUT2D eigenvalue weighted by atomic mass is 35.5. The quantitative estimate of drug-likeness (QED) is 0.719. The van der Waals surface area contributed by atoms with Gasteiger partial charge in [0.2, 0.25) is 0 Å². The number of halogens is 2. The van der Waals surface area contributed by atoms with Crippen molar-refractivity contribution in [3.63, 3.8) is 0 Å². The number of benzene rings is 1. The Morgan fingerprint density at radius 1 is 1.05 bits per heavy atom. The molecule has 2 nitrogen and oxygen atoms in total. The lowest BCUT2D eigenvalue weighted by Gasteiger charge is -2.27. The first-order valence-corrected chi connectivity index (χ1v) is 7.57. The number of carbonyl (C=O) groups is 1. The van der Waals surface area contributed by atoms with Gasteiger partial charge < -0.3 is 4.90 Å². The normalized spacial score (nSPS) is 17.0. The molecule has 1 aliphatic rings. The van der Waals surface area contributed by atoms with Crippen LogP contribution in [0.4, 0.5) is 0 Å². The Morgan fingerprint density at radius 2 is 1.58 bits per heavy atom. The predicted molar refractivity (Wildman–Crippen MR) is 80.0 cm³/mol. The van der Waals surface area contributed by atoms with Crippen molar-refractivity contribution < 1.29 is 4.79 Å². The second kappa shape index (κ2) is 6.62. The van der Waals surface area contributed by atoms with Crippen molar-refractivity contribution in [2.24, 2.45) is 0 Å². The van der Waals surface area contributed by atoms with Crippen molar-refractivity contribution in [2.45, 2.75) is 44.6 Å². The van der Waals surface area contributed by atoms with Crippen LogP contribution in [0.1, 0.15) is 48.9 Å². The molecule has 0 bridgehead atoms. The zero-order chi connectivity index (χ0) is 13.8. The van der Waals surface area contributed by atoms with Gasteiger partial charge in [-0.2, -0.15) is 0 Å². The molecule has 0 spiro atoms. The minimum atomic E-state index is 0.0105. The van der Waals surface area contributed by atoms with Gasteiger partial charge in [-0.25, -0.2) is 0 Å². The Hall–Kier alpha value is -0.730. The summed E-state index contributed by atoms with van der Waals surface area (Å²) >= 11 is 11.9. The number of hydrogen-bond acceptors (Lipinski definition) is 1. The van der Waals surface area contributed by atoms with Gasteiger partial charge in [0.15, 0.2) is 0 Å². The van der Waals surface area contributed by atoms with Crippen LogP contribution in [-0.4, -0.2) is 23.9 Å². The fourth-order valence-electron chi connectivity index (χ4n) is 2.69. The molecule has 4 heteroatoms. The van der Waals surface area contributed by atoms with Gasteiger partial charge in [-0.05, 0) is 31.0 Å². The summed E-state index contributed by atoms with van der Waals surface area (Å²) in [5.41, 5.74) is 0.573. The molecule has 1 saturated carbocycles. The maximum Gasteiger partial charge on any atom is 0.253 e. The number of hydrogen-bond donors (Lipinski definition) is 0. The number of amides is 1. The van der Waals surface area contributed by atoms with E-state index in [4.69, 9.17) is 23.2 Å². The summed E-state index contributed by atoms with van der Waals surface area (Å²) < 4.78 is 0. The maximum absolute atomic E-state index is 12.5. The summed E-state index contributed by atoms with van der Waals surface area (Å²) in [6, 6.07) is 5.35. The number of rotatable bonds is 2. The SMILES string of the molecule is CN(C(=O)c1cc(Cl)cc(Cl)c1)C1CCCCCC1. The van der Waals surface area contributed by atoms with Crippen LogP contribution in [0.15, 0.2) is 18.2 Å². The van der Waals surface area contributed by atoms with Crippen molar-refractivity contribution in [1.82, 2.24) is 4.90 Å². The monoisotopic (exact) mass is 299 g/mol. The molecule has 1 aromatic carbocycles. The van der Waals surface area contributed by atoms with E-state index in [0.717, 1.165) is 12.8 Å². The third kappa shape index (κ3) is 3.87. The molecule has 19 heavy (non-hydrogen) atoms. The second-order valence-corrected chi connectivity index (χ2v) is 6.09. The van der Waals surface area contributed by atoms with Crippen LogP contribution in [0, 0.1) is 0 Å². The van der Waals surface area contributed by atoms with E-state index in [-0.39, 0.29) is 5.91 Å². The molecule has 104 valence electrons. The highest BCUT2D eigenvalue weighted by molar-refractivity contribution is 6.35. The van der Waals surface area contributed by atoms with E-state index < -0.39 is 0 Å². The summed E-state index contributed by atoms with van der Waals surface area (Å²) in [6.45, 7) is 0. The van der Waals surface area contributed by atoms with Gasteiger partial charge in [0.05, 0.1) is 0 Å². The molecule has 1 fully saturated rings. The molecular formula is C15H19Cl2NO. The van der Waals surface area contributed by atoms with E-state index in [9.17, 15) is 4.79 Å². The van der Waals surface area contributed by atoms with Crippen LogP contribution < -0.4 is 0 Å². The van der Waals surface area contributed by atoms with Crippen LogP contribution >= 0.6 is 23.2 Å². The molecule has 0 heterocycles. The fraction of sp³-hybridized carbons (Fsp3) is 0.533. The van der Waals surface area contributed by atoms with Crippen molar-refractivity contribution in [3.8, 4) is 0 Å². The summed E-state index contributed by atoms with van der Waals surface area (Å²) in [4.78, 5) is 14.3. The molecule has 0 aliphatic heterocycles. The average molecular weight is 300 g/mol. The first-order valence-electron chi connectivity index (χ1n) is 6.81.